The number of nitrogens with zero attached hydrogens (tertiary/aromatic N) is 1. The maximum Gasteiger partial charge on any atom is 0.313 e. The molecule has 1 saturated heterocycles. The van der Waals surface area contributed by atoms with E-state index in [-0.39, 0.29) is 0 Å². The van der Waals surface area contributed by atoms with Crippen LogP contribution in [0.3, 0.4) is 0 Å². The van der Waals surface area contributed by atoms with Crippen molar-refractivity contribution in [1.29, 1.82) is 0 Å². The number of nitrogens with one attached hydrogen (secondary N) is 1. The lowest BCUT2D eigenvalue weighted by Gasteiger charge is -2.16. The van der Waals surface area contributed by atoms with E-state index in [1.807, 2.05) is 0 Å². The van der Waals surface area contributed by atoms with Gasteiger partial charge >= 0.3 is 11.8 Å². The molecule has 2 amide bonds. The third kappa shape index (κ3) is 3.24. The Kier molecular flexibility index (Phi) is 5.08. The number of rotatable bonds is 4. The van der Waals surface area contributed by atoms with Crippen LogP contribution in [-0.2, 0) is 9.59 Å². The van der Waals surface area contributed by atoms with Gasteiger partial charge in [-0.25, -0.2) is 0 Å². The number of carbonyl (C=O) groups excluding carboxylic acids is 2. The summed E-state index contributed by atoms with van der Waals surface area (Å²) in [6.07, 6.45) is 1.87. The summed E-state index contributed by atoms with van der Waals surface area (Å²) in [6, 6.07) is 3.16. The molecule has 0 unspecified atom stereocenters. The van der Waals surface area contributed by atoms with Gasteiger partial charge in [-0.1, -0.05) is 0 Å². The largest absolute Gasteiger partial charge is 0.493 e. The van der Waals surface area contributed by atoms with E-state index in [0.717, 1.165) is 12.8 Å². The zero-order valence-corrected chi connectivity index (χ0v) is 13.0. The highest BCUT2D eigenvalue weighted by Gasteiger charge is 2.25. The minimum atomic E-state index is -0.670. The highest BCUT2D eigenvalue weighted by Crippen LogP contribution is 2.39. The van der Waals surface area contributed by atoms with Crippen molar-refractivity contribution in [3.8, 4) is 17.2 Å². The third-order valence-corrected chi connectivity index (χ3v) is 3.51. The van der Waals surface area contributed by atoms with Gasteiger partial charge in [-0.05, 0) is 12.8 Å². The number of hydrogen-bond donors (Lipinski definition) is 1. The normalized spacial score (nSPS) is 13.7. The van der Waals surface area contributed by atoms with Crippen LogP contribution in [0.5, 0.6) is 17.2 Å². The van der Waals surface area contributed by atoms with Crippen molar-refractivity contribution in [3.05, 3.63) is 12.1 Å². The van der Waals surface area contributed by atoms with Crippen LogP contribution in [0.2, 0.25) is 0 Å². The van der Waals surface area contributed by atoms with Crippen molar-refractivity contribution >= 4 is 17.5 Å². The highest BCUT2D eigenvalue weighted by molar-refractivity contribution is 6.39. The van der Waals surface area contributed by atoms with Gasteiger partial charge < -0.3 is 24.4 Å². The number of methoxy groups -OCH3 is 3. The quantitative estimate of drug-likeness (QED) is 0.848. The maximum atomic E-state index is 12.0. The zero-order chi connectivity index (χ0) is 16.1. The molecule has 1 aromatic carbocycles. The minimum absolute atomic E-state index is 0.408. The number of amides is 2. The predicted octanol–water partition coefficient (Wildman–Crippen LogP) is 1.27. The molecule has 0 saturated carbocycles. The van der Waals surface area contributed by atoms with E-state index in [1.54, 1.807) is 17.0 Å². The second-order valence-electron chi connectivity index (χ2n) is 4.87. The SMILES string of the molecule is COc1cc(NC(=O)C(=O)N2CCCC2)cc(OC)c1OC. The van der Waals surface area contributed by atoms with E-state index in [2.05, 4.69) is 5.32 Å². The number of hydrogen-bond acceptors (Lipinski definition) is 5. The van der Waals surface area contributed by atoms with Crippen LogP contribution in [0.25, 0.3) is 0 Å². The summed E-state index contributed by atoms with van der Waals surface area (Å²) < 4.78 is 15.6. The Bertz CT molecular complexity index is 542. The average Bonchev–Trinajstić information content (AvgIpc) is 3.07. The molecule has 1 heterocycles. The second kappa shape index (κ2) is 7.02. The van der Waals surface area contributed by atoms with E-state index in [4.69, 9.17) is 14.2 Å². The van der Waals surface area contributed by atoms with Gasteiger partial charge in [0, 0.05) is 30.9 Å². The van der Waals surface area contributed by atoms with E-state index >= 15 is 0 Å². The first kappa shape index (κ1) is 15.9. The zero-order valence-electron chi connectivity index (χ0n) is 13.0. The van der Waals surface area contributed by atoms with Crippen LogP contribution in [-0.4, -0.2) is 51.1 Å². The van der Waals surface area contributed by atoms with Crippen LogP contribution in [0.4, 0.5) is 5.69 Å². The van der Waals surface area contributed by atoms with Gasteiger partial charge in [0.15, 0.2) is 11.5 Å². The van der Waals surface area contributed by atoms with Crippen LogP contribution in [0, 0.1) is 0 Å². The van der Waals surface area contributed by atoms with E-state index in [1.165, 1.54) is 21.3 Å². The molecule has 1 aliphatic heterocycles. The fourth-order valence-electron chi connectivity index (χ4n) is 2.40. The first-order valence-corrected chi connectivity index (χ1v) is 7.01. The van der Waals surface area contributed by atoms with Gasteiger partial charge in [0.2, 0.25) is 5.75 Å². The first-order valence-electron chi connectivity index (χ1n) is 7.01. The van der Waals surface area contributed by atoms with Gasteiger partial charge in [0.1, 0.15) is 0 Å². The number of ether oxygens (including phenoxy) is 3. The molecular weight excluding hydrogens is 288 g/mol. The molecule has 2 rings (SSSR count). The molecule has 120 valence electrons. The molecule has 0 bridgehead atoms. The Balaban J connectivity index is 2.18. The minimum Gasteiger partial charge on any atom is -0.493 e. The van der Waals surface area contributed by atoms with Crippen LogP contribution in [0.15, 0.2) is 12.1 Å². The first-order chi connectivity index (χ1) is 10.6. The van der Waals surface area contributed by atoms with Gasteiger partial charge in [0.05, 0.1) is 21.3 Å². The molecule has 1 aliphatic rings. The predicted molar refractivity (Wildman–Crippen MR) is 80.5 cm³/mol. The summed E-state index contributed by atoms with van der Waals surface area (Å²) in [6.45, 7) is 1.25. The fourth-order valence-corrected chi connectivity index (χ4v) is 2.40. The molecule has 0 aromatic heterocycles. The lowest BCUT2D eigenvalue weighted by molar-refractivity contribution is -0.142. The molecule has 0 aliphatic carbocycles. The molecule has 7 nitrogen and oxygen atoms in total. The Morgan fingerprint density at radius 1 is 1.00 bits per heavy atom. The summed E-state index contributed by atoms with van der Waals surface area (Å²) in [5, 5.41) is 2.57. The number of likely N-dealkylation sites (tertiary alicyclic amines) is 1. The third-order valence-electron chi connectivity index (χ3n) is 3.51. The summed E-state index contributed by atoms with van der Waals surface area (Å²) in [5.74, 6) is 0.0489. The Morgan fingerprint density at radius 3 is 2.00 bits per heavy atom. The molecule has 0 radical (unpaired) electrons. The molecule has 1 N–H and O–H groups in total. The maximum absolute atomic E-state index is 12.0. The van der Waals surface area contributed by atoms with E-state index < -0.39 is 11.8 Å². The van der Waals surface area contributed by atoms with Gasteiger partial charge in [0.25, 0.3) is 0 Å². The number of carbonyl (C=O) groups is 2. The average molecular weight is 308 g/mol. The molecular formula is C15H20N2O5. The fraction of sp³-hybridized carbons (Fsp3) is 0.467. The topological polar surface area (TPSA) is 77.1 Å². The molecule has 1 aromatic rings. The summed E-state index contributed by atoms with van der Waals surface area (Å²) in [4.78, 5) is 25.6. The highest BCUT2D eigenvalue weighted by atomic mass is 16.5. The van der Waals surface area contributed by atoms with Crippen LogP contribution < -0.4 is 19.5 Å². The van der Waals surface area contributed by atoms with E-state index in [9.17, 15) is 9.59 Å². The lowest BCUT2D eigenvalue weighted by atomic mass is 10.2. The monoisotopic (exact) mass is 308 g/mol. The van der Waals surface area contributed by atoms with Crippen molar-refractivity contribution in [2.24, 2.45) is 0 Å². The Morgan fingerprint density at radius 2 is 1.55 bits per heavy atom. The van der Waals surface area contributed by atoms with Gasteiger partial charge in [-0.2, -0.15) is 0 Å². The summed E-state index contributed by atoms with van der Waals surface area (Å²) in [5.41, 5.74) is 0.409. The van der Waals surface area contributed by atoms with E-state index in [0.29, 0.717) is 36.0 Å². The molecule has 1 fully saturated rings. The lowest BCUT2D eigenvalue weighted by Crippen LogP contribution is -2.37. The Labute approximate surface area is 129 Å². The second-order valence-corrected chi connectivity index (χ2v) is 4.87. The van der Waals surface area contributed by atoms with Crippen molar-refractivity contribution in [2.75, 3.05) is 39.7 Å². The molecule has 7 heteroatoms. The number of anilines is 1. The van der Waals surface area contributed by atoms with Crippen molar-refractivity contribution in [3.63, 3.8) is 0 Å². The number of benzene rings is 1. The summed E-state index contributed by atoms with van der Waals surface area (Å²) >= 11 is 0. The van der Waals surface area contributed by atoms with Gasteiger partial charge in [-0.15, -0.1) is 0 Å². The molecule has 22 heavy (non-hydrogen) atoms. The van der Waals surface area contributed by atoms with Crippen molar-refractivity contribution in [2.45, 2.75) is 12.8 Å². The van der Waals surface area contributed by atoms with Crippen LogP contribution in [0.1, 0.15) is 12.8 Å². The van der Waals surface area contributed by atoms with Gasteiger partial charge in [-0.3, -0.25) is 9.59 Å². The van der Waals surface area contributed by atoms with Crippen LogP contribution >= 0.6 is 0 Å². The van der Waals surface area contributed by atoms with Crippen molar-refractivity contribution < 1.29 is 23.8 Å². The van der Waals surface area contributed by atoms with Crippen molar-refractivity contribution in [1.82, 2.24) is 4.90 Å². The molecule has 0 spiro atoms. The smallest absolute Gasteiger partial charge is 0.313 e. The standard InChI is InChI=1S/C15H20N2O5/c1-20-11-8-10(9-12(21-2)13(11)22-3)16-14(18)15(19)17-6-4-5-7-17/h8-9H,4-7H2,1-3H3,(H,16,18). The summed E-state index contributed by atoms with van der Waals surface area (Å²) in [7, 11) is 4.46. The molecule has 0 atom stereocenters. The Hall–Kier alpha value is -2.44.